The van der Waals surface area contributed by atoms with Crippen LogP contribution in [0.2, 0.25) is 0 Å². The van der Waals surface area contributed by atoms with Gasteiger partial charge in [-0.05, 0) is 48.1 Å². The molecule has 0 bridgehead atoms. The normalized spacial score (nSPS) is 17.9. The lowest BCUT2D eigenvalue weighted by Crippen LogP contribution is -2.34. The Balaban J connectivity index is 1.38. The summed E-state index contributed by atoms with van der Waals surface area (Å²) in [6.07, 6.45) is 6.88. The molecule has 0 saturated carbocycles. The van der Waals surface area contributed by atoms with Crippen LogP contribution in [0.3, 0.4) is 0 Å². The lowest BCUT2D eigenvalue weighted by atomic mass is 9.97. The zero-order valence-corrected chi connectivity index (χ0v) is 16.7. The van der Waals surface area contributed by atoms with E-state index < -0.39 is 0 Å². The van der Waals surface area contributed by atoms with Crippen LogP contribution in [0.1, 0.15) is 49.9 Å². The molecule has 5 heteroatoms. The topological polar surface area (TPSA) is 55.1 Å². The Labute approximate surface area is 166 Å². The van der Waals surface area contributed by atoms with Gasteiger partial charge in [-0.2, -0.15) is 4.98 Å². The number of likely N-dealkylation sites (tertiary alicyclic amines) is 1. The van der Waals surface area contributed by atoms with Crippen LogP contribution in [-0.4, -0.2) is 33.1 Å². The van der Waals surface area contributed by atoms with Crippen LogP contribution >= 0.6 is 0 Å². The van der Waals surface area contributed by atoms with Gasteiger partial charge in [-0.3, -0.25) is 9.88 Å². The molecule has 5 nitrogen and oxygen atoms in total. The lowest BCUT2D eigenvalue weighted by Gasteiger charge is -2.31. The number of pyridine rings is 1. The Morgan fingerprint density at radius 2 is 2.00 bits per heavy atom. The molecule has 3 aromatic rings. The summed E-state index contributed by atoms with van der Waals surface area (Å²) in [6, 6.07) is 12.9. The molecule has 1 aromatic carbocycles. The van der Waals surface area contributed by atoms with Crippen LogP contribution in [0, 0.1) is 5.92 Å². The van der Waals surface area contributed by atoms with Gasteiger partial charge < -0.3 is 4.52 Å². The quantitative estimate of drug-likeness (QED) is 0.624. The fourth-order valence-corrected chi connectivity index (χ4v) is 3.88. The lowest BCUT2D eigenvalue weighted by molar-refractivity contribution is 0.180. The third-order valence-electron chi connectivity index (χ3n) is 5.28. The molecule has 1 aliphatic rings. The van der Waals surface area contributed by atoms with Gasteiger partial charge in [0, 0.05) is 31.9 Å². The summed E-state index contributed by atoms with van der Waals surface area (Å²) in [4.78, 5) is 11.4. The Morgan fingerprint density at radius 3 is 2.75 bits per heavy atom. The Hall–Kier alpha value is -2.53. The van der Waals surface area contributed by atoms with Crippen molar-refractivity contribution in [2.75, 3.05) is 13.1 Å². The Bertz CT molecular complexity index is 873. The molecule has 2 aromatic heterocycles. The van der Waals surface area contributed by atoms with Gasteiger partial charge in [-0.15, -0.1) is 0 Å². The maximum absolute atomic E-state index is 5.57. The largest absolute Gasteiger partial charge is 0.339 e. The van der Waals surface area contributed by atoms with Crippen LogP contribution in [-0.2, 0) is 13.0 Å². The van der Waals surface area contributed by atoms with E-state index >= 15 is 0 Å². The van der Waals surface area contributed by atoms with Crippen LogP contribution in [0.15, 0.2) is 53.3 Å². The number of benzene rings is 1. The Morgan fingerprint density at radius 1 is 1.14 bits per heavy atom. The molecule has 0 spiro atoms. The summed E-state index contributed by atoms with van der Waals surface area (Å²) < 4.78 is 5.57. The van der Waals surface area contributed by atoms with E-state index in [0.29, 0.717) is 11.8 Å². The van der Waals surface area contributed by atoms with Crippen molar-refractivity contribution in [1.82, 2.24) is 20.0 Å². The van der Waals surface area contributed by atoms with Crippen molar-refractivity contribution in [2.45, 2.75) is 45.6 Å². The average molecular weight is 377 g/mol. The van der Waals surface area contributed by atoms with E-state index in [1.54, 1.807) is 6.20 Å². The minimum absolute atomic E-state index is 0.344. The van der Waals surface area contributed by atoms with E-state index in [0.717, 1.165) is 49.8 Å². The molecular formula is C23H28N4O. The average Bonchev–Trinajstić information content (AvgIpc) is 3.17. The molecule has 1 atom stereocenters. The molecule has 28 heavy (non-hydrogen) atoms. The number of hydrogen-bond acceptors (Lipinski definition) is 5. The van der Waals surface area contributed by atoms with E-state index in [9.17, 15) is 0 Å². The second kappa shape index (κ2) is 8.65. The minimum atomic E-state index is 0.344. The van der Waals surface area contributed by atoms with Gasteiger partial charge >= 0.3 is 0 Å². The number of piperidine rings is 1. The van der Waals surface area contributed by atoms with Crippen LogP contribution in [0.25, 0.3) is 11.1 Å². The zero-order valence-electron chi connectivity index (χ0n) is 16.7. The van der Waals surface area contributed by atoms with Crippen molar-refractivity contribution in [3.63, 3.8) is 0 Å². The standard InChI is InChI=1S/C23H28N4O/c1-17(2)13-22-25-23(28-26-22)21-6-4-12-27(16-21)15-18-7-9-19(10-8-18)20-5-3-11-24-14-20/h3,5,7-11,14,17,21H,4,6,12-13,15-16H2,1-2H3. The minimum Gasteiger partial charge on any atom is -0.339 e. The second-order valence-electron chi connectivity index (χ2n) is 8.16. The summed E-state index contributed by atoms with van der Waals surface area (Å²) >= 11 is 0. The first kappa shape index (κ1) is 18.8. The molecule has 1 aliphatic heterocycles. The van der Waals surface area contributed by atoms with E-state index in [1.165, 1.54) is 17.5 Å². The van der Waals surface area contributed by atoms with E-state index in [4.69, 9.17) is 4.52 Å². The molecular weight excluding hydrogens is 348 g/mol. The first-order chi connectivity index (χ1) is 13.7. The van der Waals surface area contributed by atoms with Crippen molar-refractivity contribution < 1.29 is 4.52 Å². The van der Waals surface area contributed by atoms with E-state index in [1.807, 2.05) is 12.3 Å². The molecule has 3 heterocycles. The maximum atomic E-state index is 5.57. The predicted molar refractivity (Wildman–Crippen MR) is 110 cm³/mol. The first-order valence-corrected chi connectivity index (χ1v) is 10.2. The van der Waals surface area contributed by atoms with Crippen molar-refractivity contribution >= 4 is 0 Å². The summed E-state index contributed by atoms with van der Waals surface area (Å²) in [5, 5.41) is 4.17. The van der Waals surface area contributed by atoms with Gasteiger partial charge in [0.25, 0.3) is 0 Å². The molecule has 0 aliphatic carbocycles. The fraction of sp³-hybridized carbons (Fsp3) is 0.435. The highest BCUT2D eigenvalue weighted by Gasteiger charge is 2.26. The van der Waals surface area contributed by atoms with Gasteiger partial charge in [0.05, 0.1) is 5.92 Å². The number of aromatic nitrogens is 3. The first-order valence-electron chi connectivity index (χ1n) is 10.2. The maximum Gasteiger partial charge on any atom is 0.231 e. The van der Waals surface area contributed by atoms with Crippen molar-refractivity contribution in [1.29, 1.82) is 0 Å². The smallest absolute Gasteiger partial charge is 0.231 e. The fourth-order valence-electron chi connectivity index (χ4n) is 3.88. The second-order valence-corrected chi connectivity index (χ2v) is 8.16. The van der Waals surface area contributed by atoms with Gasteiger partial charge in [-0.25, -0.2) is 0 Å². The summed E-state index contributed by atoms with van der Waals surface area (Å²) in [5.41, 5.74) is 3.69. The van der Waals surface area contributed by atoms with Gasteiger partial charge in [-0.1, -0.05) is 49.3 Å². The number of nitrogens with zero attached hydrogens (tertiary/aromatic N) is 4. The third-order valence-corrected chi connectivity index (χ3v) is 5.28. The van der Waals surface area contributed by atoms with Gasteiger partial charge in [0.2, 0.25) is 5.89 Å². The van der Waals surface area contributed by atoms with Crippen LogP contribution in [0.4, 0.5) is 0 Å². The number of rotatable bonds is 6. The molecule has 0 N–H and O–H groups in total. The van der Waals surface area contributed by atoms with E-state index in [-0.39, 0.29) is 0 Å². The molecule has 0 amide bonds. The van der Waals surface area contributed by atoms with Gasteiger partial charge in [0.1, 0.15) is 0 Å². The van der Waals surface area contributed by atoms with Crippen molar-refractivity contribution in [3.8, 4) is 11.1 Å². The molecule has 1 unspecified atom stereocenters. The molecule has 146 valence electrons. The summed E-state index contributed by atoms with van der Waals surface area (Å²) in [5.74, 6) is 2.54. The monoisotopic (exact) mass is 376 g/mol. The summed E-state index contributed by atoms with van der Waals surface area (Å²) in [7, 11) is 0. The molecule has 0 radical (unpaired) electrons. The highest BCUT2D eigenvalue weighted by Crippen LogP contribution is 2.27. The number of hydrogen-bond donors (Lipinski definition) is 0. The highest BCUT2D eigenvalue weighted by atomic mass is 16.5. The molecule has 1 fully saturated rings. The zero-order chi connectivity index (χ0) is 19.3. The van der Waals surface area contributed by atoms with E-state index in [2.05, 4.69) is 64.2 Å². The van der Waals surface area contributed by atoms with Crippen molar-refractivity contribution in [2.24, 2.45) is 5.92 Å². The third kappa shape index (κ3) is 4.65. The summed E-state index contributed by atoms with van der Waals surface area (Å²) in [6.45, 7) is 7.41. The van der Waals surface area contributed by atoms with Gasteiger partial charge in [0.15, 0.2) is 5.82 Å². The molecule has 4 rings (SSSR count). The Kier molecular flexibility index (Phi) is 5.81. The van der Waals surface area contributed by atoms with Crippen molar-refractivity contribution in [3.05, 3.63) is 66.1 Å². The van der Waals surface area contributed by atoms with Crippen LogP contribution < -0.4 is 0 Å². The highest BCUT2D eigenvalue weighted by molar-refractivity contribution is 5.62. The molecule has 1 saturated heterocycles. The predicted octanol–water partition coefficient (Wildman–Crippen LogP) is 4.71. The van der Waals surface area contributed by atoms with Crippen LogP contribution in [0.5, 0.6) is 0 Å². The SMILES string of the molecule is CC(C)Cc1noc(C2CCCN(Cc3ccc(-c4cccnc4)cc3)C2)n1.